The fourth-order valence-corrected chi connectivity index (χ4v) is 5.46. The third-order valence-electron chi connectivity index (χ3n) is 6.68. The van der Waals surface area contributed by atoms with E-state index in [4.69, 9.17) is 0 Å². The SMILES string of the molecule is O=C1CCCN1CC(=O)N1C2CCC1CC(O)(Cn1ccc3ccncc31)C2. The van der Waals surface area contributed by atoms with Crippen LogP contribution in [0.4, 0.5) is 0 Å². The first kappa shape index (κ1) is 17.7. The van der Waals surface area contributed by atoms with E-state index < -0.39 is 5.60 Å². The van der Waals surface area contributed by atoms with Crippen LogP contribution in [0.25, 0.3) is 10.9 Å². The lowest BCUT2D eigenvalue weighted by atomic mass is 9.85. The van der Waals surface area contributed by atoms with Crippen LogP contribution in [0.5, 0.6) is 0 Å². The number of pyridine rings is 1. The van der Waals surface area contributed by atoms with Crippen molar-refractivity contribution in [3.8, 4) is 0 Å². The number of carbonyl (C=O) groups is 2. The number of piperidine rings is 1. The van der Waals surface area contributed by atoms with Crippen LogP contribution < -0.4 is 0 Å². The van der Waals surface area contributed by atoms with Gasteiger partial charge in [0.25, 0.3) is 0 Å². The van der Waals surface area contributed by atoms with Crippen LogP contribution in [-0.2, 0) is 16.1 Å². The van der Waals surface area contributed by atoms with Gasteiger partial charge >= 0.3 is 0 Å². The van der Waals surface area contributed by atoms with Crippen LogP contribution in [0.3, 0.4) is 0 Å². The number of rotatable bonds is 4. The Labute approximate surface area is 163 Å². The number of aliphatic hydroxyl groups is 1. The summed E-state index contributed by atoms with van der Waals surface area (Å²) in [6.07, 6.45) is 10.0. The van der Waals surface area contributed by atoms with Gasteiger partial charge in [-0.25, -0.2) is 0 Å². The Morgan fingerprint density at radius 3 is 2.75 bits per heavy atom. The van der Waals surface area contributed by atoms with Crippen LogP contribution in [0.15, 0.2) is 30.7 Å². The summed E-state index contributed by atoms with van der Waals surface area (Å²) in [7, 11) is 0. The molecular weight excluding hydrogens is 356 g/mol. The molecule has 3 aliphatic rings. The minimum atomic E-state index is -0.826. The number of amides is 2. The first-order valence-corrected chi connectivity index (χ1v) is 10.2. The predicted molar refractivity (Wildman–Crippen MR) is 103 cm³/mol. The zero-order valence-corrected chi connectivity index (χ0v) is 16.0. The molecule has 148 valence electrons. The van der Waals surface area contributed by atoms with E-state index in [9.17, 15) is 14.7 Å². The number of carbonyl (C=O) groups excluding carboxylic acids is 2. The van der Waals surface area contributed by atoms with Gasteiger partial charge in [0.1, 0.15) is 0 Å². The second-order valence-electron chi connectivity index (χ2n) is 8.62. The predicted octanol–water partition coefficient (Wildman–Crippen LogP) is 1.54. The molecule has 0 aromatic carbocycles. The highest BCUT2D eigenvalue weighted by molar-refractivity contribution is 5.86. The fraction of sp³-hybridized carbons (Fsp3) is 0.571. The van der Waals surface area contributed by atoms with Crippen molar-refractivity contribution in [3.05, 3.63) is 30.7 Å². The smallest absolute Gasteiger partial charge is 0.242 e. The zero-order chi connectivity index (χ0) is 19.3. The van der Waals surface area contributed by atoms with E-state index in [-0.39, 0.29) is 30.4 Å². The van der Waals surface area contributed by atoms with E-state index in [0.717, 1.165) is 30.2 Å². The van der Waals surface area contributed by atoms with Crippen molar-refractivity contribution in [2.45, 2.75) is 62.8 Å². The normalized spacial score (nSPS) is 29.8. The second-order valence-corrected chi connectivity index (χ2v) is 8.62. The van der Waals surface area contributed by atoms with Crippen LogP contribution >= 0.6 is 0 Å². The number of hydrogen-bond acceptors (Lipinski definition) is 4. The number of fused-ring (bicyclic) bond motifs is 3. The molecule has 2 atom stereocenters. The summed E-state index contributed by atoms with van der Waals surface area (Å²) >= 11 is 0. The van der Waals surface area contributed by atoms with Crippen LogP contribution in [0, 0.1) is 0 Å². The Morgan fingerprint density at radius 2 is 2.04 bits per heavy atom. The quantitative estimate of drug-likeness (QED) is 0.870. The number of nitrogens with zero attached hydrogens (tertiary/aromatic N) is 4. The maximum absolute atomic E-state index is 12.9. The molecule has 5 rings (SSSR count). The first-order chi connectivity index (χ1) is 13.5. The van der Waals surface area contributed by atoms with Crippen LogP contribution in [-0.4, -0.2) is 67.0 Å². The van der Waals surface area contributed by atoms with E-state index in [1.54, 1.807) is 11.1 Å². The van der Waals surface area contributed by atoms with Crippen molar-refractivity contribution in [2.75, 3.05) is 13.1 Å². The Kier molecular flexibility index (Phi) is 4.16. The highest BCUT2D eigenvalue weighted by atomic mass is 16.3. The molecule has 28 heavy (non-hydrogen) atoms. The lowest BCUT2D eigenvalue weighted by Crippen LogP contribution is -2.56. The molecule has 2 bridgehead atoms. The molecule has 2 aromatic heterocycles. The molecule has 2 unspecified atom stereocenters. The van der Waals surface area contributed by atoms with Crippen molar-refractivity contribution in [1.29, 1.82) is 0 Å². The lowest BCUT2D eigenvalue weighted by Gasteiger charge is -2.44. The molecular formula is C21H26N4O3. The average molecular weight is 382 g/mol. The van der Waals surface area contributed by atoms with Crippen molar-refractivity contribution in [1.82, 2.24) is 19.4 Å². The Hall–Kier alpha value is -2.41. The molecule has 3 fully saturated rings. The fourth-order valence-electron chi connectivity index (χ4n) is 5.46. The van der Waals surface area contributed by atoms with Gasteiger partial charge in [0.15, 0.2) is 0 Å². The standard InChI is InChI=1S/C21H26N4O3/c26-19-2-1-8-23(19)13-20(27)25-16-3-4-17(25)11-21(28,10-16)14-24-9-6-15-5-7-22-12-18(15)24/h5-7,9,12,16-17,28H,1-4,8,10-11,13-14H2. The second kappa shape index (κ2) is 6.58. The maximum Gasteiger partial charge on any atom is 0.242 e. The van der Waals surface area contributed by atoms with Gasteiger partial charge in [0.05, 0.1) is 30.4 Å². The van der Waals surface area contributed by atoms with Crippen molar-refractivity contribution >= 4 is 22.7 Å². The first-order valence-electron chi connectivity index (χ1n) is 10.2. The molecule has 7 nitrogen and oxygen atoms in total. The summed E-state index contributed by atoms with van der Waals surface area (Å²) < 4.78 is 2.07. The van der Waals surface area contributed by atoms with Gasteiger partial charge in [-0.05, 0) is 44.2 Å². The molecule has 0 saturated carbocycles. The van der Waals surface area contributed by atoms with Gasteiger partial charge in [-0.15, -0.1) is 0 Å². The summed E-state index contributed by atoms with van der Waals surface area (Å²) in [5.41, 5.74) is 0.197. The van der Waals surface area contributed by atoms with E-state index in [1.165, 1.54) is 0 Å². The summed E-state index contributed by atoms with van der Waals surface area (Å²) in [5.74, 6) is 0.128. The third kappa shape index (κ3) is 2.98. The molecule has 7 heteroatoms. The summed E-state index contributed by atoms with van der Waals surface area (Å²) in [6, 6.07) is 4.14. The van der Waals surface area contributed by atoms with Gasteiger partial charge in [0, 0.05) is 42.8 Å². The molecule has 5 heterocycles. The summed E-state index contributed by atoms with van der Waals surface area (Å²) in [4.78, 5) is 32.6. The van der Waals surface area contributed by atoms with E-state index >= 15 is 0 Å². The van der Waals surface area contributed by atoms with Crippen molar-refractivity contribution in [2.24, 2.45) is 0 Å². The number of likely N-dealkylation sites (tertiary alicyclic amines) is 1. The van der Waals surface area contributed by atoms with Crippen molar-refractivity contribution < 1.29 is 14.7 Å². The molecule has 0 spiro atoms. The molecule has 0 aliphatic carbocycles. The zero-order valence-electron chi connectivity index (χ0n) is 16.0. The minimum absolute atomic E-state index is 0.0420. The van der Waals surface area contributed by atoms with Gasteiger partial charge in [-0.3, -0.25) is 14.6 Å². The summed E-state index contributed by atoms with van der Waals surface area (Å²) in [5, 5.41) is 12.5. The number of hydrogen-bond donors (Lipinski definition) is 1. The van der Waals surface area contributed by atoms with Gasteiger partial charge in [-0.1, -0.05) is 0 Å². The molecule has 3 aliphatic heterocycles. The summed E-state index contributed by atoms with van der Waals surface area (Å²) in [6.45, 7) is 1.40. The molecule has 1 N–H and O–H groups in total. The van der Waals surface area contributed by atoms with Crippen LogP contribution in [0.1, 0.15) is 38.5 Å². The Balaban J connectivity index is 1.30. The highest BCUT2D eigenvalue weighted by Gasteiger charge is 2.49. The Bertz CT molecular complexity index is 909. The highest BCUT2D eigenvalue weighted by Crippen LogP contribution is 2.42. The van der Waals surface area contributed by atoms with E-state index in [0.29, 0.717) is 32.4 Å². The van der Waals surface area contributed by atoms with Gasteiger partial charge < -0.3 is 19.5 Å². The topological polar surface area (TPSA) is 78.7 Å². The molecule has 3 saturated heterocycles. The molecule has 2 amide bonds. The monoisotopic (exact) mass is 382 g/mol. The van der Waals surface area contributed by atoms with E-state index in [1.807, 2.05) is 29.4 Å². The van der Waals surface area contributed by atoms with Crippen molar-refractivity contribution in [3.63, 3.8) is 0 Å². The van der Waals surface area contributed by atoms with Gasteiger partial charge in [-0.2, -0.15) is 0 Å². The number of aromatic nitrogens is 2. The maximum atomic E-state index is 12.9. The van der Waals surface area contributed by atoms with E-state index in [2.05, 4.69) is 9.55 Å². The lowest BCUT2D eigenvalue weighted by molar-refractivity contribution is -0.146. The van der Waals surface area contributed by atoms with Gasteiger partial charge in [0.2, 0.25) is 11.8 Å². The van der Waals surface area contributed by atoms with Crippen LogP contribution in [0.2, 0.25) is 0 Å². The largest absolute Gasteiger partial charge is 0.388 e. The third-order valence-corrected chi connectivity index (χ3v) is 6.68. The molecule has 2 aromatic rings. The molecule has 0 radical (unpaired) electrons. The minimum Gasteiger partial charge on any atom is -0.388 e. The average Bonchev–Trinajstić information content (AvgIpc) is 3.33. The Morgan fingerprint density at radius 1 is 1.25 bits per heavy atom.